The second-order valence-electron chi connectivity index (χ2n) is 5.76. The van der Waals surface area contributed by atoms with E-state index >= 15 is 0 Å². The van der Waals surface area contributed by atoms with Crippen LogP contribution in [0.15, 0.2) is 24.4 Å². The van der Waals surface area contributed by atoms with Gasteiger partial charge in [0.25, 0.3) is 0 Å². The van der Waals surface area contributed by atoms with Crippen LogP contribution in [0.25, 0.3) is 0 Å². The van der Waals surface area contributed by atoms with E-state index < -0.39 is 5.41 Å². The largest absolute Gasteiger partial charge is 0.392 e. The minimum Gasteiger partial charge on any atom is -0.392 e. The Morgan fingerprint density at radius 3 is 2.75 bits per heavy atom. The third kappa shape index (κ3) is 2.82. The lowest BCUT2D eigenvalue weighted by Crippen LogP contribution is -2.56. The van der Waals surface area contributed by atoms with Gasteiger partial charge in [-0.15, -0.1) is 0 Å². The molecule has 108 valence electrons. The van der Waals surface area contributed by atoms with E-state index in [1.54, 1.807) is 11.1 Å². The zero-order chi connectivity index (χ0) is 14.8. The van der Waals surface area contributed by atoms with Gasteiger partial charge in [-0.3, -0.25) is 9.78 Å². The highest BCUT2D eigenvalue weighted by molar-refractivity contribution is 7.80. The highest BCUT2D eigenvalue weighted by Crippen LogP contribution is 2.46. The number of amides is 1. The summed E-state index contributed by atoms with van der Waals surface area (Å²) in [4.78, 5) is 18.9. The Labute approximate surface area is 125 Å². The Morgan fingerprint density at radius 1 is 1.55 bits per heavy atom. The zero-order valence-corrected chi connectivity index (χ0v) is 12.8. The second-order valence-corrected chi connectivity index (χ2v) is 6.20. The lowest BCUT2D eigenvalue weighted by Gasteiger charge is -2.46. The molecule has 0 spiro atoms. The molecule has 0 atom stereocenters. The average molecular weight is 291 g/mol. The molecular weight excluding hydrogens is 270 g/mol. The van der Waals surface area contributed by atoms with Crippen molar-refractivity contribution in [3.8, 4) is 0 Å². The highest BCUT2D eigenvalue weighted by Gasteiger charge is 2.51. The number of carbonyl (C=O) groups excluding carboxylic acids is 1. The van der Waals surface area contributed by atoms with E-state index in [2.05, 4.69) is 11.9 Å². The number of carbonyl (C=O) groups is 1. The third-order valence-corrected chi connectivity index (χ3v) is 4.44. The van der Waals surface area contributed by atoms with Gasteiger partial charge in [0, 0.05) is 31.9 Å². The Balaban J connectivity index is 1.96. The summed E-state index contributed by atoms with van der Waals surface area (Å²) in [5.41, 5.74) is 6.19. The van der Waals surface area contributed by atoms with Crippen molar-refractivity contribution in [2.75, 3.05) is 13.6 Å². The molecule has 20 heavy (non-hydrogen) atoms. The molecule has 1 aromatic rings. The first-order valence-electron chi connectivity index (χ1n) is 6.91. The van der Waals surface area contributed by atoms with Crippen LogP contribution in [-0.2, 0) is 11.2 Å². The number of rotatable bonds is 5. The molecule has 0 radical (unpaired) electrons. The van der Waals surface area contributed by atoms with Crippen molar-refractivity contribution >= 4 is 23.1 Å². The predicted molar refractivity (Wildman–Crippen MR) is 83.2 cm³/mol. The van der Waals surface area contributed by atoms with Crippen molar-refractivity contribution in [1.29, 1.82) is 0 Å². The molecular formula is C15H21N3OS. The minimum atomic E-state index is -0.604. The van der Waals surface area contributed by atoms with Crippen molar-refractivity contribution in [2.45, 2.75) is 26.2 Å². The molecule has 2 rings (SSSR count). The van der Waals surface area contributed by atoms with Gasteiger partial charge >= 0.3 is 0 Å². The molecule has 1 aliphatic carbocycles. The molecule has 0 aliphatic heterocycles. The van der Waals surface area contributed by atoms with Crippen LogP contribution in [0.4, 0.5) is 0 Å². The number of nitrogens with two attached hydrogens (primary N) is 1. The lowest BCUT2D eigenvalue weighted by molar-refractivity contribution is -0.142. The van der Waals surface area contributed by atoms with Crippen LogP contribution in [0.3, 0.4) is 0 Å². The van der Waals surface area contributed by atoms with Crippen molar-refractivity contribution in [3.63, 3.8) is 0 Å². The SMILES string of the molecule is CC1CC(C(=O)N(C)CCc2ccccn2)(C(N)=S)C1. The van der Waals surface area contributed by atoms with Gasteiger partial charge in [-0.2, -0.15) is 0 Å². The molecule has 4 nitrogen and oxygen atoms in total. The fourth-order valence-corrected chi connectivity index (χ4v) is 3.16. The number of aromatic nitrogens is 1. The average Bonchev–Trinajstić information content (AvgIpc) is 2.41. The number of nitrogens with zero attached hydrogens (tertiary/aromatic N) is 2. The molecule has 5 heteroatoms. The Morgan fingerprint density at radius 2 is 2.25 bits per heavy atom. The topological polar surface area (TPSA) is 59.2 Å². The van der Waals surface area contributed by atoms with Crippen molar-refractivity contribution in [1.82, 2.24) is 9.88 Å². The van der Waals surface area contributed by atoms with Gasteiger partial charge in [-0.05, 0) is 30.9 Å². The Bertz CT molecular complexity index is 497. The molecule has 1 amide bonds. The van der Waals surface area contributed by atoms with Gasteiger partial charge in [0.2, 0.25) is 5.91 Å². The smallest absolute Gasteiger partial charge is 0.235 e. The monoisotopic (exact) mass is 291 g/mol. The van der Waals surface area contributed by atoms with Crippen LogP contribution in [0.5, 0.6) is 0 Å². The lowest BCUT2D eigenvalue weighted by atomic mass is 9.61. The van der Waals surface area contributed by atoms with Gasteiger partial charge < -0.3 is 10.6 Å². The van der Waals surface area contributed by atoms with Crippen molar-refractivity contribution in [2.24, 2.45) is 17.1 Å². The zero-order valence-electron chi connectivity index (χ0n) is 12.0. The van der Waals surface area contributed by atoms with E-state index in [1.165, 1.54) is 0 Å². The van der Waals surface area contributed by atoms with Gasteiger partial charge in [0.15, 0.2) is 0 Å². The normalized spacial score (nSPS) is 24.8. The van der Waals surface area contributed by atoms with E-state index in [4.69, 9.17) is 18.0 Å². The standard InChI is InChI=1S/C15H21N3OS/c1-11-9-15(10-11,13(16)20)14(19)18(2)8-6-12-5-3-4-7-17-12/h3-5,7,11H,6,8-10H2,1-2H3,(H2,16,20). The van der Waals surface area contributed by atoms with E-state index in [1.807, 2.05) is 25.2 Å². The maximum atomic E-state index is 12.6. The number of thiocarbonyl (C=S) groups is 1. The summed E-state index contributed by atoms with van der Waals surface area (Å²) in [6.45, 7) is 2.76. The van der Waals surface area contributed by atoms with Crippen molar-refractivity contribution < 1.29 is 4.79 Å². The fourth-order valence-electron chi connectivity index (χ4n) is 2.91. The minimum absolute atomic E-state index is 0.0547. The molecule has 0 aromatic carbocycles. The molecule has 2 N–H and O–H groups in total. The number of likely N-dealkylation sites (N-methyl/N-ethyl adjacent to an activating group) is 1. The highest BCUT2D eigenvalue weighted by atomic mass is 32.1. The maximum Gasteiger partial charge on any atom is 0.235 e. The molecule has 1 saturated carbocycles. The summed E-state index contributed by atoms with van der Waals surface area (Å²) in [5.74, 6) is 0.573. The third-order valence-electron chi connectivity index (χ3n) is 4.05. The number of hydrogen-bond acceptors (Lipinski definition) is 3. The van der Waals surface area contributed by atoms with Gasteiger partial charge in [-0.25, -0.2) is 0 Å². The molecule has 0 bridgehead atoms. The van der Waals surface area contributed by atoms with Crippen LogP contribution >= 0.6 is 12.2 Å². The maximum absolute atomic E-state index is 12.6. The quantitative estimate of drug-likeness (QED) is 0.840. The Hall–Kier alpha value is -1.49. The first-order valence-corrected chi connectivity index (χ1v) is 7.32. The second kappa shape index (κ2) is 5.87. The number of pyridine rings is 1. The van der Waals surface area contributed by atoms with E-state index in [0.717, 1.165) is 25.0 Å². The van der Waals surface area contributed by atoms with Gasteiger partial charge in [0.1, 0.15) is 0 Å². The summed E-state index contributed by atoms with van der Waals surface area (Å²) in [6.07, 6.45) is 4.05. The van der Waals surface area contributed by atoms with E-state index in [0.29, 0.717) is 17.5 Å². The Kier molecular flexibility index (Phi) is 4.38. The van der Waals surface area contributed by atoms with Crippen LogP contribution < -0.4 is 5.73 Å². The first kappa shape index (κ1) is 14.9. The molecule has 1 aromatic heterocycles. The molecule has 1 aliphatic rings. The fraction of sp³-hybridized carbons (Fsp3) is 0.533. The molecule has 1 fully saturated rings. The predicted octanol–water partition coefficient (Wildman–Crippen LogP) is 1.78. The summed E-state index contributed by atoms with van der Waals surface area (Å²) in [7, 11) is 1.81. The first-order chi connectivity index (χ1) is 9.45. The molecule has 0 saturated heterocycles. The van der Waals surface area contributed by atoms with Crippen molar-refractivity contribution in [3.05, 3.63) is 30.1 Å². The van der Waals surface area contributed by atoms with Gasteiger partial charge in [0.05, 0.1) is 10.4 Å². The summed E-state index contributed by atoms with van der Waals surface area (Å²) in [6, 6.07) is 5.80. The number of hydrogen-bond donors (Lipinski definition) is 1. The van der Waals surface area contributed by atoms with Crippen LogP contribution in [0.2, 0.25) is 0 Å². The van der Waals surface area contributed by atoms with Crippen LogP contribution in [0, 0.1) is 11.3 Å². The summed E-state index contributed by atoms with van der Waals surface area (Å²) >= 11 is 5.12. The van der Waals surface area contributed by atoms with Crippen LogP contribution in [-0.4, -0.2) is 34.4 Å². The van der Waals surface area contributed by atoms with E-state index in [9.17, 15) is 4.79 Å². The van der Waals surface area contributed by atoms with Crippen LogP contribution in [0.1, 0.15) is 25.5 Å². The summed E-state index contributed by atoms with van der Waals surface area (Å²) < 4.78 is 0. The molecule has 0 unspecified atom stereocenters. The summed E-state index contributed by atoms with van der Waals surface area (Å²) in [5, 5.41) is 0. The molecule has 1 heterocycles. The van der Waals surface area contributed by atoms with E-state index in [-0.39, 0.29) is 5.91 Å². The van der Waals surface area contributed by atoms with Gasteiger partial charge in [-0.1, -0.05) is 25.2 Å².